The van der Waals surface area contributed by atoms with Gasteiger partial charge in [-0.25, -0.2) is 0 Å². The van der Waals surface area contributed by atoms with Crippen LogP contribution in [0, 0.1) is 5.92 Å². The fourth-order valence-corrected chi connectivity index (χ4v) is 3.56. The maximum Gasteiger partial charge on any atom is 0.256 e. The van der Waals surface area contributed by atoms with Gasteiger partial charge in [-0.05, 0) is 42.3 Å². The number of ether oxygens (including phenoxy) is 1. The van der Waals surface area contributed by atoms with E-state index in [1.807, 2.05) is 26.0 Å². The van der Waals surface area contributed by atoms with Crippen molar-refractivity contribution in [2.75, 3.05) is 36.6 Å². The molecule has 0 unspecified atom stereocenters. The summed E-state index contributed by atoms with van der Waals surface area (Å²) in [5, 5.41) is 8.45. The third-order valence-electron chi connectivity index (χ3n) is 4.14. The summed E-state index contributed by atoms with van der Waals surface area (Å²) in [5.41, 5.74) is 1.79. The number of hydrogen-bond donors (Lipinski definition) is 3. The normalized spacial score (nSPS) is 10.6. The fourth-order valence-electron chi connectivity index (χ4n) is 2.69. The molecule has 0 heterocycles. The Morgan fingerprint density at radius 1 is 0.935 bits per heavy atom. The van der Waals surface area contributed by atoms with Crippen LogP contribution in [0.3, 0.4) is 0 Å². The Bertz CT molecular complexity index is 885. The van der Waals surface area contributed by atoms with Gasteiger partial charge in [-0.3, -0.25) is 14.4 Å². The number of amides is 3. The van der Waals surface area contributed by atoms with Crippen LogP contribution >= 0.6 is 11.8 Å². The number of benzene rings is 2. The number of carbonyl (C=O) groups is 3. The predicted molar refractivity (Wildman–Crippen MR) is 125 cm³/mol. The zero-order chi connectivity index (χ0) is 22.6. The Kier molecular flexibility index (Phi) is 10.1. The predicted octanol–water partition coefficient (Wildman–Crippen LogP) is 3.78. The molecule has 0 radical (unpaired) electrons. The first-order valence-electron chi connectivity index (χ1n) is 10.1. The first kappa shape index (κ1) is 24.4. The van der Waals surface area contributed by atoms with E-state index in [-0.39, 0.29) is 29.4 Å². The monoisotopic (exact) mass is 443 g/mol. The highest BCUT2D eigenvalue weighted by atomic mass is 32.2. The standard InChI is InChI=1S/C23H29N3O4S/c1-16(2)14-21(27)25-17-8-10-18(11-9-17)26-23(29)19-6-4-5-7-20(19)31-15-22(28)24-12-13-30-3/h4-11,16H,12-15H2,1-3H3,(H,24,28)(H,25,27)(H,26,29). The summed E-state index contributed by atoms with van der Waals surface area (Å²) in [6.07, 6.45) is 0.456. The Labute approximate surface area is 187 Å². The van der Waals surface area contributed by atoms with Gasteiger partial charge in [0, 0.05) is 36.3 Å². The van der Waals surface area contributed by atoms with Crippen LogP contribution in [0.2, 0.25) is 0 Å². The molecule has 0 atom stereocenters. The molecule has 0 aliphatic carbocycles. The van der Waals surface area contributed by atoms with E-state index in [0.29, 0.717) is 36.5 Å². The van der Waals surface area contributed by atoms with Gasteiger partial charge >= 0.3 is 0 Å². The third-order valence-corrected chi connectivity index (χ3v) is 5.21. The second-order valence-electron chi connectivity index (χ2n) is 7.31. The number of methoxy groups -OCH3 is 1. The summed E-state index contributed by atoms with van der Waals surface area (Å²) >= 11 is 1.30. The van der Waals surface area contributed by atoms with Crippen molar-refractivity contribution in [1.82, 2.24) is 5.32 Å². The Morgan fingerprint density at radius 3 is 2.23 bits per heavy atom. The van der Waals surface area contributed by atoms with Crippen molar-refractivity contribution in [3.8, 4) is 0 Å². The lowest BCUT2D eigenvalue weighted by atomic mass is 10.1. The smallest absolute Gasteiger partial charge is 0.256 e. The molecule has 3 N–H and O–H groups in total. The van der Waals surface area contributed by atoms with Gasteiger partial charge in [0.1, 0.15) is 0 Å². The molecule has 0 aliphatic heterocycles. The molecule has 0 aliphatic rings. The van der Waals surface area contributed by atoms with E-state index in [0.717, 1.165) is 4.90 Å². The Morgan fingerprint density at radius 2 is 1.58 bits per heavy atom. The van der Waals surface area contributed by atoms with E-state index in [2.05, 4.69) is 16.0 Å². The maximum atomic E-state index is 12.8. The Balaban J connectivity index is 1.95. The van der Waals surface area contributed by atoms with Gasteiger partial charge in [0.25, 0.3) is 5.91 Å². The Hall–Kier alpha value is -2.84. The molecule has 0 fully saturated rings. The fraction of sp³-hybridized carbons (Fsp3) is 0.348. The highest BCUT2D eigenvalue weighted by molar-refractivity contribution is 8.00. The lowest BCUT2D eigenvalue weighted by Gasteiger charge is -2.11. The van der Waals surface area contributed by atoms with Gasteiger partial charge in [-0.15, -0.1) is 11.8 Å². The minimum atomic E-state index is -0.264. The molecule has 8 heteroatoms. The van der Waals surface area contributed by atoms with Crippen molar-refractivity contribution in [3.63, 3.8) is 0 Å². The van der Waals surface area contributed by atoms with Crippen molar-refractivity contribution >= 4 is 40.9 Å². The molecule has 3 amide bonds. The van der Waals surface area contributed by atoms with Crippen molar-refractivity contribution in [1.29, 1.82) is 0 Å². The molecule has 0 spiro atoms. The summed E-state index contributed by atoms with van der Waals surface area (Å²) in [5.74, 6) is 0.0717. The molecule has 2 aromatic carbocycles. The minimum Gasteiger partial charge on any atom is -0.383 e. The van der Waals surface area contributed by atoms with Gasteiger partial charge in [0.2, 0.25) is 11.8 Å². The number of nitrogens with one attached hydrogen (secondary N) is 3. The first-order chi connectivity index (χ1) is 14.9. The van der Waals surface area contributed by atoms with Crippen LogP contribution in [0.5, 0.6) is 0 Å². The molecule has 166 valence electrons. The van der Waals surface area contributed by atoms with Gasteiger partial charge in [-0.1, -0.05) is 26.0 Å². The van der Waals surface area contributed by atoms with Crippen molar-refractivity contribution in [2.45, 2.75) is 25.2 Å². The van der Waals surface area contributed by atoms with Crippen LogP contribution in [0.1, 0.15) is 30.6 Å². The quantitative estimate of drug-likeness (QED) is 0.363. The van der Waals surface area contributed by atoms with Crippen LogP contribution < -0.4 is 16.0 Å². The first-order valence-corrected chi connectivity index (χ1v) is 11.1. The van der Waals surface area contributed by atoms with E-state index in [1.165, 1.54) is 11.8 Å². The van der Waals surface area contributed by atoms with Gasteiger partial charge in [-0.2, -0.15) is 0 Å². The van der Waals surface area contributed by atoms with Crippen LogP contribution in [0.4, 0.5) is 11.4 Å². The number of rotatable bonds is 11. The zero-order valence-electron chi connectivity index (χ0n) is 18.1. The number of anilines is 2. The number of hydrogen-bond acceptors (Lipinski definition) is 5. The van der Waals surface area contributed by atoms with Crippen molar-refractivity contribution in [3.05, 3.63) is 54.1 Å². The maximum absolute atomic E-state index is 12.8. The van der Waals surface area contributed by atoms with E-state index in [1.54, 1.807) is 43.5 Å². The molecule has 0 bridgehead atoms. The van der Waals surface area contributed by atoms with Crippen LogP contribution in [0.15, 0.2) is 53.4 Å². The SMILES string of the molecule is COCCNC(=O)CSc1ccccc1C(=O)Nc1ccc(NC(=O)CC(C)C)cc1. The summed E-state index contributed by atoms with van der Waals surface area (Å²) in [7, 11) is 1.58. The average Bonchev–Trinajstić information content (AvgIpc) is 2.73. The van der Waals surface area contributed by atoms with Crippen molar-refractivity contribution < 1.29 is 19.1 Å². The second kappa shape index (κ2) is 12.8. The highest BCUT2D eigenvalue weighted by Crippen LogP contribution is 2.24. The lowest BCUT2D eigenvalue weighted by molar-refractivity contribution is -0.119. The van der Waals surface area contributed by atoms with E-state index < -0.39 is 0 Å². The minimum absolute atomic E-state index is 0.0380. The zero-order valence-corrected chi connectivity index (χ0v) is 18.9. The van der Waals surface area contributed by atoms with Gasteiger partial charge in [0.15, 0.2) is 0 Å². The third kappa shape index (κ3) is 8.82. The molecular formula is C23H29N3O4S. The number of carbonyl (C=O) groups excluding carboxylic acids is 3. The van der Waals surface area contributed by atoms with E-state index in [4.69, 9.17) is 4.74 Å². The van der Waals surface area contributed by atoms with Crippen LogP contribution in [0.25, 0.3) is 0 Å². The largest absolute Gasteiger partial charge is 0.383 e. The molecule has 2 rings (SSSR count). The molecule has 31 heavy (non-hydrogen) atoms. The second-order valence-corrected chi connectivity index (χ2v) is 8.32. The average molecular weight is 444 g/mol. The van der Waals surface area contributed by atoms with Crippen LogP contribution in [-0.2, 0) is 14.3 Å². The summed E-state index contributed by atoms with van der Waals surface area (Å²) < 4.78 is 4.91. The summed E-state index contributed by atoms with van der Waals surface area (Å²) in [4.78, 5) is 37.3. The molecule has 0 saturated heterocycles. The van der Waals surface area contributed by atoms with Crippen molar-refractivity contribution in [2.24, 2.45) is 5.92 Å². The summed E-state index contributed by atoms with van der Waals surface area (Å²) in [6.45, 7) is 4.88. The van der Waals surface area contributed by atoms with E-state index >= 15 is 0 Å². The molecule has 0 aromatic heterocycles. The molecule has 7 nitrogen and oxygen atoms in total. The van der Waals surface area contributed by atoms with E-state index in [9.17, 15) is 14.4 Å². The van der Waals surface area contributed by atoms with Crippen LogP contribution in [-0.4, -0.2) is 43.7 Å². The topological polar surface area (TPSA) is 96.5 Å². The molecular weight excluding hydrogens is 414 g/mol. The molecule has 0 saturated carbocycles. The lowest BCUT2D eigenvalue weighted by Crippen LogP contribution is -2.28. The highest BCUT2D eigenvalue weighted by Gasteiger charge is 2.13. The molecule has 2 aromatic rings. The summed E-state index contributed by atoms with van der Waals surface area (Å²) in [6, 6.07) is 14.1. The van der Waals surface area contributed by atoms with Gasteiger partial charge in [0.05, 0.1) is 17.9 Å². The number of thioether (sulfide) groups is 1. The van der Waals surface area contributed by atoms with Gasteiger partial charge < -0.3 is 20.7 Å².